The Kier molecular flexibility index (Phi) is 8.06. The molecule has 29 heavy (non-hydrogen) atoms. The zero-order chi connectivity index (χ0) is 20.6. The topological polar surface area (TPSA) is 96.9 Å². The van der Waals surface area contributed by atoms with Crippen LogP contribution in [0.3, 0.4) is 0 Å². The van der Waals surface area contributed by atoms with Crippen molar-refractivity contribution in [3.8, 4) is 0 Å². The van der Waals surface area contributed by atoms with Crippen molar-refractivity contribution in [1.29, 1.82) is 0 Å². The molecule has 2 aliphatic heterocycles. The number of ether oxygens (including phenoxy) is 2. The fourth-order valence-corrected chi connectivity index (χ4v) is 3.67. The van der Waals surface area contributed by atoms with Crippen molar-refractivity contribution in [2.24, 2.45) is 5.92 Å². The maximum Gasteiger partial charge on any atom is 0.223 e. The van der Waals surface area contributed by atoms with Gasteiger partial charge in [0.25, 0.3) is 0 Å². The van der Waals surface area contributed by atoms with Gasteiger partial charge in [0.2, 0.25) is 11.8 Å². The van der Waals surface area contributed by atoms with E-state index in [1.165, 1.54) is 0 Å². The minimum atomic E-state index is -0.592. The number of aliphatic hydroxyl groups excluding tert-OH is 1. The number of carbonyl (C=O) groups is 2. The van der Waals surface area contributed by atoms with Crippen LogP contribution in [0.2, 0.25) is 5.02 Å². The predicted molar refractivity (Wildman–Crippen MR) is 108 cm³/mol. The Labute approximate surface area is 175 Å². The Morgan fingerprint density at radius 3 is 2.66 bits per heavy atom. The highest BCUT2D eigenvalue weighted by atomic mass is 35.5. The molecule has 0 bridgehead atoms. The first kappa shape index (κ1) is 21.8. The third kappa shape index (κ3) is 6.27. The van der Waals surface area contributed by atoms with Gasteiger partial charge < -0.3 is 25.2 Å². The molecule has 1 aromatic carbocycles. The first-order valence-corrected chi connectivity index (χ1v) is 10.3. The van der Waals surface area contributed by atoms with Crippen molar-refractivity contribution in [2.75, 3.05) is 19.8 Å². The number of rotatable bonds is 7. The highest BCUT2D eigenvalue weighted by Crippen LogP contribution is 2.19. The minimum absolute atomic E-state index is 0.0547. The number of amides is 2. The SMILES string of the molecule is O=C(C[C@H]1C=C[C@@H](NC(=O)C2CCOCC2)[C@H](CO)O1)NCc1ccccc1Cl. The Morgan fingerprint density at radius 2 is 1.93 bits per heavy atom. The smallest absolute Gasteiger partial charge is 0.223 e. The van der Waals surface area contributed by atoms with Crippen LogP contribution in [-0.4, -0.2) is 55.0 Å². The molecule has 0 radical (unpaired) electrons. The molecule has 0 aliphatic carbocycles. The van der Waals surface area contributed by atoms with Gasteiger partial charge in [0.15, 0.2) is 0 Å². The van der Waals surface area contributed by atoms with E-state index in [0.29, 0.717) is 37.6 Å². The molecule has 2 heterocycles. The normalized spacial score (nSPS) is 24.8. The average molecular weight is 423 g/mol. The number of hydrogen-bond donors (Lipinski definition) is 3. The van der Waals surface area contributed by atoms with Gasteiger partial charge in [-0.25, -0.2) is 0 Å². The van der Waals surface area contributed by atoms with E-state index in [0.717, 1.165) is 5.56 Å². The number of benzene rings is 1. The molecule has 2 amide bonds. The molecule has 0 aromatic heterocycles. The third-order valence-electron chi connectivity index (χ3n) is 5.18. The summed E-state index contributed by atoms with van der Waals surface area (Å²) in [4.78, 5) is 24.7. The molecule has 3 atom stereocenters. The molecule has 0 saturated carbocycles. The fraction of sp³-hybridized carbons (Fsp3) is 0.524. The number of halogens is 1. The van der Waals surface area contributed by atoms with E-state index in [-0.39, 0.29) is 30.8 Å². The van der Waals surface area contributed by atoms with E-state index >= 15 is 0 Å². The lowest BCUT2D eigenvalue weighted by Crippen LogP contribution is -2.50. The summed E-state index contributed by atoms with van der Waals surface area (Å²) in [7, 11) is 0. The van der Waals surface area contributed by atoms with Crippen LogP contribution in [0.15, 0.2) is 36.4 Å². The largest absolute Gasteiger partial charge is 0.394 e. The maximum absolute atomic E-state index is 12.4. The van der Waals surface area contributed by atoms with Gasteiger partial charge in [-0.3, -0.25) is 9.59 Å². The second-order valence-electron chi connectivity index (χ2n) is 7.27. The van der Waals surface area contributed by atoms with Crippen molar-refractivity contribution in [3.05, 3.63) is 47.0 Å². The van der Waals surface area contributed by atoms with Gasteiger partial charge in [0.05, 0.1) is 25.2 Å². The standard InChI is InChI=1S/C21H27ClN2O5/c22-17-4-2-1-3-15(17)12-23-20(26)11-16-5-6-18(19(13-25)29-16)24-21(27)14-7-9-28-10-8-14/h1-6,14,16,18-19,25H,7-13H2,(H,23,26)(H,24,27)/t16-,18-,19+/m1/s1. The van der Waals surface area contributed by atoms with E-state index < -0.39 is 18.2 Å². The highest BCUT2D eigenvalue weighted by Gasteiger charge is 2.31. The molecule has 7 nitrogen and oxygen atoms in total. The lowest BCUT2D eigenvalue weighted by Gasteiger charge is -2.33. The number of nitrogens with one attached hydrogen (secondary N) is 2. The molecule has 2 aliphatic rings. The van der Waals surface area contributed by atoms with Gasteiger partial charge in [0, 0.05) is 30.7 Å². The summed E-state index contributed by atoms with van der Waals surface area (Å²) in [6, 6.07) is 6.91. The molecule has 3 rings (SSSR count). The molecule has 0 spiro atoms. The van der Waals surface area contributed by atoms with Gasteiger partial charge in [0.1, 0.15) is 6.10 Å². The van der Waals surface area contributed by atoms with Crippen LogP contribution < -0.4 is 10.6 Å². The molecule has 158 valence electrons. The van der Waals surface area contributed by atoms with E-state index in [2.05, 4.69) is 10.6 Å². The zero-order valence-corrected chi connectivity index (χ0v) is 16.9. The highest BCUT2D eigenvalue weighted by molar-refractivity contribution is 6.31. The summed E-state index contributed by atoms with van der Waals surface area (Å²) in [5.74, 6) is -0.313. The molecule has 8 heteroatoms. The summed E-state index contributed by atoms with van der Waals surface area (Å²) in [5, 5.41) is 16.0. The third-order valence-corrected chi connectivity index (χ3v) is 5.55. The summed E-state index contributed by atoms with van der Waals surface area (Å²) < 4.78 is 11.1. The van der Waals surface area contributed by atoms with Crippen molar-refractivity contribution in [3.63, 3.8) is 0 Å². The van der Waals surface area contributed by atoms with E-state index in [1.807, 2.05) is 18.2 Å². The van der Waals surface area contributed by atoms with E-state index in [9.17, 15) is 14.7 Å². The summed E-state index contributed by atoms with van der Waals surface area (Å²) in [6.07, 6.45) is 4.02. The first-order chi connectivity index (χ1) is 14.1. The second kappa shape index (κ2) is 10.7. The van der Waals surface area contributed by atoms with Crippen LogP contribution in [0.4, 0.5) is 0 Å². The van der Waals surface area contributed by atoms with Crippen LogP contribution in [0.25, 0.3) is 0 Å². The fourth-order valence-electron chi connectivity index (χ4n) is 3.47. The van der Waals surface area contributed by atoms with Crippen LogP contribution >= 0.6 is 11.6 Å². The van der Waals surface area contributed by atoms with Crippen molar-refractivity contribution < 1.29 is 24.2 Å². The Morgan fingerprint density at radius 1 is 1.17 bits per heavy atom. The average Bonchev–Trinajstić information content (AvgIpc) is 2.74. The molecule has 3 N–H and O–H groups in total. The van der Waals surface area contributed by atoms with Gasteiger partial charge in [-0.15, -0.1) is 0 Å². The molecular formula is C21H27ClN2O5. The zero-order valence-electron chi connectivity index (χ0n) is 16.2. The predicted octanol–water partition coefficient (Wildman–Crippen LogP) is 1.57. The molecule has 0 unspecified atom stereocenters. The van der Waals surface area contributed by atoms with Crippen molar-refractivity contribution in [1.82, 2.24) is 10.6 Å². The second-order valence-corrected chi connectivity index (χ2v) is 7.68. The minimum Gasteiger partial charge on any atom is -0.394 e. The van der Waals surface area contributed by atoms with Crippen molar-refractivity contribution in [2.45, 2.75) is 44.1 Å². The lowest BCUT2D eigenvalue weighted by molar-refractivity contribution is -0.132. The van der Waals surface area contributed by atoms with Gasteiger partial charge in [-0.1, -0.05) is 42.0 Å². The van der Waals surface area contributed by atoms with E-state index in [4.69, 9.17) is 21.1 Å². The molecule has 1 aromatic rings. The van der Waals surface area contributed by atoms with Gasteiger partial charge >= 0.3 is 0 Å². The van der Waals surface area contributed by atoms with Crippen LogP contribution in [0.1, 0.15) is 24.8 Å². The summed E-state index contributed by atoms with van der Waals surface area (Å²) in [6.45, 7) is 1.26. The molecule has 1 saturated heterocycles. The monoisotopic (exact) mass is 422 g/mol. The lowest BCUT2D eigenvalue weighted by atomic mass is 9.97. The maximum atomic E-state index is 12.4. The Hall–Kier alpha value is -1.93. The van der Waals surface area contributed by atoms with Gasteiger partial charge in [-0.2, -0.15) is 0 Å². The first-order valence-electron chi connectivity index (χ1n) is 9.89. The van der Waals surface area contributed by atoms with Gasteiger partial charge in [-0.05, 0) is 24.5 Å². The summed E-state index contributed by atoms with van der Waals surface area (Å²) in [5.41, 5.74) is 0.840. The van der Waals surface area contributed by atoms with Crippen LogP contribution in [0, 0.1) is 5.92 Å². The quantitative estimate of drug-likeness (QED) is 0.579. The number of aliphatic hydroxyl groups is 1. The Balaban J connectivity index is 1.49. The van der Waals surface area contributed by atoms with Crippen molar-refractivity contribution >= 4 is 23.4 Å². The summed E-state index contributed by atoms with van der Waals surface area (Å²) >= 11 is 6.09. The molecule has 1 fully saturated rings. The van der Waals surface area contributed by atoms with Crippen LogP contribution in [-0.2, 0) is 25.6 Å². The van der Waals surface area contributed by atoms with Crippen LogP contribution in [0.5, 0.6) is 0 Å². The number of carbonyl (C=O) groups excluding carboxylic acids is 2. The van der Waals surface area contributed by atoms with E-state index in [1.54, 1.807) is 18.2 Å². The number of hydrogen-bond acceptors (Lipinski definition) is 5. The molecular weight excluding hydrogens is 396 g/mol. The Bertz CT molecular complexity index is 736.